The Morgan fingerprint density at radius 3 is 2.33 bits per heavy atom. The standard InChI is InChI=1S/C22H21BClNO4S/c24-18-8-6-16(7-9-18)19(13-20(26)17-4-2-1-3-5-17)22(27)25-21(23(28)29)12-15-10-11-30-14-15/h1-11,14,19,21,28-29H,12-13H2,(H,25,27). The first kappa shape index (κ1) is 22.2. The van der Waals surface area contributed by atoms with Gasteiger partial charge in [-0.05, 0) is 46.5 Å². The van der Waals surface area contributed by atoms with Crippen molar-refractivity contribution < 1.29 is 19.6 Å². The van der Waals surface area contributed by atoms with Crippen molar-refractivity contribution in [2.24, 2.45) is 0 Å². The molecule has 0 fully saturated rings. The number of ketones is 1. The minimum Gasteiger partial charge on any atom is -0.426 e. The summed E-state index contributed by atoms with van der Waals surface area (Å²) in [6, 6.07) is 17.4. The van der Waals surface area contributed by atoms with Gasteiger partial charge in [-0.3, -0.25) is 9.59 Å². The third kappa shape index (κ3) is 6.03. The maximum absolute atomic E-state index is 13.1. The average Bonchev–Trinajstić information content (AvgIpc) is 3.26. The predicted molar refractivity (Wildman–Crippen MR) is 120 cm³/mol. The van der Waals surface area contributed by atoms with Crippen molar-refractivity contribution in [2.45, 2.75) is 24.7 Å². The van der Waals surface area contributed by atoms with Gasteiger partial charge in [-0.1, -0.05) is 54.1 Å². The van der Waals surface area contributed by atoms with E-state index in [0.717, 1.165) is 5.56 Å². The lowest BCUT2D eigenvalue weighted by molar-refractivity contribution is -0.123. The molecule has 0 aliphatic heterocycles. The fourth-order valence-corrected chi connectivity index (χ4v) is 3.97. The Bertz CT molecular complexity index is 965. The first-order valence-corrected chi connectivity index (χ1v) is 10.8. The van der Waals surface area contributed by atoms with Gasteiger partial charge in [0.1, 0.15) is 0 Å². The summed E-state index contributed by atoms with van der Waals surface area (Å²) in [5, 5.41) is 26.5. The number of hydrogen-bond acceptors (Lipinski definition) is 5. The zero-order valence-electron chi connectivity index (χ0n) is 16.1. The summed E-state index contributed by atoms with van der Waals surface area (Å²) < 4.78 is 0. The maximum atomic E-state index is 13.1. The molecule has 0 bridgehead atoms. The molecule has 2 atom stereocenters. The Kier molecular flexibility index (Phi) is 7.82. The van der Waals surface area contributed by atoms with E-state index in [1.165, 1.54) is 11.3 Å². The summed E-state index contributed by atoms with van der Waals surface area (Å²) in [4.78, 5) is 25.9. The average molecular weight is 442 g/mol. The molecule has 8 heteroatoms. The summed E-state index contributed by atoms with van der Waals surface area (Å²) in [7, 11) is -1.73. The Hall–Kier alpha value is -2.45. The van der Waals surface area contributed by atoms with Gasteiger partial charge in [0.2, 0.25) is 5.91 Å². The summed E-state index contributed by atoms with van der Waals surface area (Å²) in [5.74, 6) is -2.31. The molecule has 1 aromatic heterocycles. The van der Waals surface area contributed by atoms with Crippen LogP contribution in [-0.2, 0) is 11.2 Å². The zero-order valence-corrected chi connectivity index (χ0v) is 17.6. The number of Topliss-reactive ketones (excluding diaryl/α,β-unsaturated/α-hetero) is 1. The van der Waals surface area contributed by atoms with Crippen LogP contribution in [0.25, 0.3) is 0 Å². The normalized spacial score (nSPS) is 12.8. The van der Waals surface area contributed by atoms with E-state index in [2.05, 4.69) is 5.32 Å². The molecule has 154 valence electrons. The number of carbonyl (C=O) groups is 2. The summed E-state index contributed by atoms with van der Waals surface area (Å²) in [5.41, 5.74) is 2.03. The molecule has 0 saturated heterocycles. The number of benzene rings is 2. The Balaban J connectivity index is 1.81. The number of halogens is 1. The summed E-state index contributed by atoms with van der Waals surface area (Å²) in [6.45, 7) is 0. The summed E-state index contributed by atoms with van der Waals surface area (Å²) in [6.07, 6.45) is 0.219. The number of hydrogen-bond donors (Lipinski definition) is 3. The lowest BCUT2D eigenvalue weighted by Crippen LogP contribution is -2.49. The van der Waals surface area contributed by atoms with Crippen molar-refractivity contribution in [1.82, 2.24) is 5.32 Å². The first-order valence-electron chi connectivity index (χ1n) is 9.45. The van der Waals surface area contributed by atoms with Crippen LogP contribution in [0.1, 0.15) is 33.8 Å². The van der Waals surface area contributed by atoms with E-state index in [-0.39, 0.29) is 18.6 Å². The van der Waals surface area contributed by atoms with Crippen LogP contribution in [0.3, 0.4) is 0 Å². The second-order valence-corrected chi connectivity index (χ2v) is 8.18. The molecule has 0 spiro atoms. The maximum Gasteiger partial charge on any atom is 0.475 e. The van der Waals surface area contributed by atoms with Gasteiger partial charge in [0, 0.05) is 17.0 Å². The van der Waals surface area contributed by atoms with Crippen molar-refractivity contribution in [3.63, 3.8) is 0 Å². The Labute approximate surface area is 184 Å². The second kappa shape index (κ2) is 10.5. The van der Waals surface area contributed by atoms with E-state index in [1.807, 2.05) is 22.9 Å². The number of thiophene rings is 1. The molecule has 0 saturated carbocycles. The monoisotopic (exact) mass is 441 g/mol. The van der Waals surface area contributed by atoms with Gasteiger partial charge < -0.3 is 15.4 Å². The van der Waals surface area contributed by atoms with Crippen LogP contribution in [0.5, 0.6) is 0 Å². The molecular formula is C22H21BClNO4S. The van der Waals surface area contributed by atoms with Crippen LogP contribution in [0.2, 0.25) is 5.02 Å². The van der Waals surface area contributed by atoms with Crippen LogP contribution in [0.4, 0.5) is 0 Å². The molecule has 30 heavy (non-hydrogen) atoms. The van der Waals surface area contributed by atoms with E-state index in [0.29, 0.717) is 16.1 Å². The zero-order chi connectivity index (χ0) is 21.5. The van der Waals surface area contributed by atoms with Gasteiger partial charge in [-0.25, -0.2) is 0 Å². The lowest BCUT2D eigenvalue weighted by atomic mass is 9.75. The first-order chi connectivity index (χ1) is 14.4. The minimum atomic E-state index is -1.73. The summed E-state index contributed by atoms with van der Waals surface area (Å²) >= 11 is 7.46. The third-order valence-electron chi connectivity index (χ3n) is 4.80. The van der Waals surface area contributed by atoms with Gasteiger partial charge in [0.25, 0.3) is 0 Å². The smallest absolute Gasteiger partial charge is 0.426 e. The molecule has 0 radical (unpaired) electrons. The Morgan fingerprint density at radius 2 is 1.73 bits per heavy atom. The highest BCUT2D eigenvalue weighted by molar-refractivity contribution is 7.07. The van der Waals surface area contributed by atoms with E-state index in [9.17, 15) is 19.6 Å². The highest BCUT2D eigenvalue weighted by Gasteiger charge is 2.31. The van der Waals surface area contributed by atoms with Gasteiger partial charge in [-0.15, -0.1) is 0 Å². The quantitative estimate of drug-likeness (QED) is 0.350. The largest absolute Gasteiger partial charge is 0.475 e. The SMILES string of the molecule is O=C(CC(C(=O)NC(Cc1ccsc1)B(O)O)c1ccc(Cl)cc1)c1ccccc1. The number of carbonyl (C=O) groups excluding carboxylic acids is 2. The van der Waals surface area contributed by atoms with Gasteiger partial charge >= 0.3 is 7.12 Å². The molecule has 0 aliphatic carbocycles. The van der Waals surface area contributed by atoms with Gasteiger partial charge in [0.05, 0.1) is 11.9 Å². The number of nitrogens with one attached hydrogen (secondary N) is 1. The van der Waals surface area contributed by atoms with Crippen LogP contribution in [0.15, 0.2) is 71.4 Å². The van der Waals surface area contributed by atoms with Crippen molar-refractivity contribution in [1.29, 1.82) is 0 Å². The van der Waals surface area contributed by atoms with E-state index in [1.54, 1.807) is 48.5 Å². The second-order valence-electron chi connectivity index (χ2n) is 6.96. The van der Waals surface area contributed by atoms with Crippen LogP contribution < -0.4 is 5.32 Å². The molecule has 1 heterocycles. The molecule has 3 aromatic rings. The molecule has 1 amide bonds. The van der Waals surface area contributed by atoms with E-state index >= 15 is 0 Å². The molecule has 3 N–H and O–H groups in total. The molecular weight excluding hydrogens is 421 g/mol. The Morgan fingerprint density at radius 1 is 1.03 bits per heavy atom. The molecule has 5 nitrogen and oxygen atoms in total. The van der Waals surface area contributed by atoms with E-state index in [4.69, 9.17) is 11.6 Å². The highest BCUT2D eigenvalue weighted by atomic mass is 35.5. The molecule has 3 rings (SSSR count). The minimum absolute atomic E-state index is 0.0514. The number of amides is 1. The highest BCUT2D eigenvalue weighted by Crippen LogP contribution is 2.24. The van der Waals surface area contributed by atoms with Crippen LogP contribution >= 0.6 is 22.9 Å². The number of rotatable bonds is 9. The van der Waals surface area contributed by atoms with Gasteiger partial charge in [0.15, 0.2) is 5.78 Å². The van der Waals surface area contributed by atoms with E-state index < -0.39 is 24.9 Å². The van der Waals surface area contributed by atoms with Crippen molar-refractivity contribution in [3.8, 4) is 0 Å². The van der Waals surface area contributed by atoms with Crippen molar-refractivity contribution >= 4 is 41.7 Å². The molecule has 2 aromatic carbocycles. The fraction of sp³-hybridized carbons (Fsp3) is 0.182. The lowest BCUT2D eigenvalue weighted by Gasteiger charge is -2.22. The fourth-order valence-electron chi connectivity index (χ4n) is 3.16. The van der Waals surface area contributed by atoms with Crippen LogP contribution in [0, 0.1) is 0 Å². The van der Waals surface area contributed by atoms with Crippen LogP contribution in [-0.4, -0.2) is 34.8 Å². The van der Waals surface area contributed by atoms with Crippen molar-refractivity contribution in [2.75, 3.05) is 0 Å². The third-order valence-corrected chi connectivity index (χ3v) is 5.78. The van der Waals surface area contributed by atoms with Gasteiger partial charge in [-0.2, -0.15) is 11.3 Å². The molecule has 0 aliphatic rings. The topological polar surface area (TPSA) is 86.6 Å². The molecule has 2 unspecified atom stereocenters. The van der Waals surface area contributed by atoms with Crippen molar-refractivity contribution in [3.05, 3.63) is 93.1 Å². The predicted octanol–water partition coefficient (Wildman–Crippen LogP) is 3.50.